The lowest BCUT2D eigenvalue weighted by Crippen LogP contribution is -2.24. The van der Waals surface area contributed by atoms with E-state index in [0.717, 1.165) is 30.4 Å². The Morgan fingerprint density at radius 2 is 2.18 bits per heavy atom. The maximum Gasteiger partial charge on any atom is 0.335 e. The van der Waals surface area contributed by atoms with Crippen molar-refractivity contribution in [2.45, 2.75) is 32.7 Å². The van der Waals surface area contributed by atoms with Crippen LogP contribution in [0, 0.1) is 0 Å². The molecule has 0 saturated carbocycles. The molecule has 1 aliphatic carbocycles. The summed E-state index contributed by atoms with van der Waals surface area (Å²) in [5.41, 5.74) is 3.59. The number of allylic oxidation sites excluding steroid dienone is 1. The molecule has 0 bridgehead atoms. The summed E-state index contributed by atoms with van der Waals surface area (Å²) in [6, 6.07) is 4.71. The van der Waals surface area contributed by atoms with E-state index < -0.39 is 5.97 Å². The molecule has 1 aliphatic rings. The van der Waals surface area contributed by atoms with E-state index in [0.29, 0.717) is 23.4 Å². The quantitative estimate of drug-likeness (QED) is 0.807. The van der Waals surface area contributed by atoms with Crippen molar-refractivity contribution in [3.8, 4) is 0 Å². The lowest BCUT2D eigenvalue weighted by Gasteiger charge is -2.05. The highest BCUT2D eigenvalue weighted by molar-refractivity contribution is 5.94. The fraction of sp³-hybridized carbons (Fsp3) is 0.312. The first-order valence-electron chi connectivity index (χ1n) is 7.23. The second-order valence-electron chi connectivity index (χ2n) is 5.52. The summed E-state index contributed by atoms with van der Waals surface area (Å²) >= 11 is 0. The number of carbonyl (C=O) groups excluding carboxylic acids is 1. The Kier molecular flexibility index (Phi) is 3.66. The SMILES string of the molecule is CC1=C(C(=O)NCc2nc3ccc(C(=O)O)cc3[nH]2)CCC1. The second kappa shape index (κ2) is 5.63. The van der Waals surface area contributed by atoms with Gasteiger partial charge in [-0.05, 0) is 44.4 Å². The first-order valence-corrected chi connectivity index (χ1v) is 7.23. The number of aromatic carboxylic acids is 1. The lowest BCUT2D eigenvalue weighted by molar-refractivity contribution is -0.117. The number of amides is 1. The Hall–Kier alpha value is -2.63. The van der Waals surface area contributed by atoms with E-state index in [-0.39, 0.29) is 11.5 Å². The van der Waals surface area contributed by atoms with Gasteiger partial charge in [0.15, 0.2) is 0 Å². The van der Waals surface area contributed by atoms with Crippen LogP contribution in [0.4, 0.5) is 0 Å². The van der Waals surface area contributed by atoms with Crippen LogP contribution in [-0.4, -0.2) is 27.0 Å². The number of hydrogen-bond donors (Lipinski definition) is 3. The number of rotatable bonds is 4. The van der Waals surface area contributed by atoms with Gasteiger partial charge in [0.1, 0.15) is 5.82 Å². The van der Waals surface area contributed by atoms with Gasteiger partial charge in [-0.2, -0.15) is 0 Å². The molecule has 6 heteroatoms. The Balaban J connectivity index is 1.73. The smallest absolute Gasteiger partial charge is 0.335 e. The summed E-state index contributed by atoms with van der Waals surface area (Å²) in [4.78, 5) is 30.4. The minimum absolute atomic E-state index is 0.0401. The minimum Gasteiger partial charge on any atom is -0.478 e. The number of imidazole rings is 1. The molecule has 1 amide bonds. The molecule has 114 valence electrons. The van der Waals surface area contributed by atoms with Gasteiger partial charge in [0.05, 0.1) is 23.1 Å². The van der Waals surface area contributed by atoms with Crippen molar-refractivity contribution in [3.63, 3.8) is 0 Å². The van der Waals surface area contributed by atoms with Crippen molar-refractivity contribution in [2.24, 2.45) is 0 Å². The Morgan fingerprint density at radius 3 is 2.86 bits per heavy atom. The van der Waals surface area contributed by atoms with Crippen LogP contribution in [0.5, 0.6) is 0 Å². The normalized spacial score (nSPS) is 14.6. The van der Waals surface area contributed by atoms with Crippen LogP contribution < -0.4 is 5.32 Å². The fourth-order valence-electron chi connectivity index (χ4n) is 2.75. The van der Waals surface area contributed by atoms with Crippen LogP contribution in [-0.2, 0) is 11.3 Å². The molecule has 22 heavy (non-hydrogen) atoms. The van der Waals surface area contributed by atoms with Crippen LogP contribution in [0.1, 0.15) is 42.4 Å². The number of H-pyrrole nitrogens is 1. The number of carbonyl (C=O) groups is 2. The number of aromatic amines is 1. The minimum atomic E-state index is -0.977. The van der Waals surface area contributed by atoms with Gasteiger partial charge in [0.2, 0.25) is 5.91 Å². The molecule has 1 aromatic carbocycles. The van der Waals surface area contributed by atoms with E-state index in [2.05, 4.69) is 15.3 Å². The predicted molar refractivity (Wildman–Crippen MR) is 81.5 cm³/mol. The molecule has 0 saturated heterocycles. The Labute approximate surface area is 127 Å². The number of aromatic nitrogens is 2. The van der Waals surface area contributed by atoms with Crippen LogP contribution in [0.15, 0.2) is 29.3 Å². The third kappa shape index (κ3) is 2.72. The monoisotopic (exact) mass is 299 g/mol. The molecule has 1 aromatic heterocycles. The highest BCUT2D eigenvalue weighted by atomic mass is 16.4. The number of carboxylic acid groups (broad SMARTS) is 1. The number of carboxylic acids is 1. The highest BCUT2D eigenvalue weighted by Gasteiger charge is 2.18. The first kappa shape index (κ1) is 14.3. The van der Waals surface area contributed by atoms with Crippen molar-refractivity contribution in [3.05, 3.63) is 40.7 Å². The zero-order valence-corrected chi connectivity index (χ0v) is 12.3. The summed E-state index contributed by atoms with van der Waals surface area (Å²) in [6.07, 6.45) is 2.86. The molecule has 0 aliphatic heterocycles. The standard InChI is InChI=1S/C16H17N3O3/c1-9-3-2-4-11(9)15(20)17-8-14-18-12-6-5-10(16(21)22)7-13(12)19-14/h5-7H,2-4,8H2,1H3,(H,17,20)(H,18,19)(H,21,22). The Morgan fingerprint density at radius 1 is 1.36 bits per heavy atom. The van der Waals surface area contributed by atoms with Crippen LogP contribution in [0.25, 0.3) is 11.0 Å². The van der Waals surface area contributed by atoms with E-state index in [1.807, 2.05) is 6.92 Å². The van der Waals surface area contributed by atoms with Gasteiger partial charge >= 0.3 is 5.97 Å². The zero-order chi connectivity index (χ0) is 15.7. The first-order chi connectivity index (χ1) is 10.5. The van der Waals surface area contributed by atoms with Gasteiger partial charge in [0, 0.05) is 5.57 Å². The van der Waals surface area contributed by atoms with Crippen LogP contribution >= 0.6 is 0 Å². The van der Waals surface area contributed by atoms with Crippen LogP contribution in [0.3, 0.4) is 0 Å². The van der Waals surface area contributed by atoms with E-state index in [9.17, 15) is 9.59 Å². The number of nitrogens with zero attached hydrogens (tertiary/aromatic N) is 1. The summed E-state index contributed by atoms with van der Waals surface area (Å²) in [6.45, 7) is 2.29. The fourth-order valence-corrected chi connectivity index (χ4v) is 2.75. The summed E-state index contributed by atoms with van der Waals surface area (Å²) in [7, 11) is 0. The summed E-state index contributed by atoms with van der Waals surface area (Å²) in [5, 5.41) is 11.8. The molecule has 0 spiro atoms. The molecule has 0 atom stereocenters. The van der Waals surface area contributed by atoms with Gasteiger partial charge < -0.3 is 15.4 Å². The maximum atomic E-state index is 12.1. The molecule has 2 aromatic rings. The highest BCUT2D eigenvalue weighted by Crippen LogP contribution is 2.25. The molecule has 0 radical (unpaired) electrons. The van der Waals surface area contributed by atoms with Crippen LogP contribution in [0.2, 0.25) is 0 Å². The Bertz CT molecular complexity index is 789. The van der Waals surface area contributed by atoms with E-state index in [1.165, 1.54) is 6.07 Å². The van der Waals surface area contributed by atoms with Gasteiger partial charge in [-0.25, -0.2) is 9.78 Å². The maximum absolute atomic E-state index is 12.1. The molecule has 0 unspecified atom stereocenters. The van der Waals surface area contributed by atoms with Crippen molar-refractivity contribution in [2.75, 3.05) is 0 Å². The molecule has 0 fully saturated rings. The zero-order valence-electron chi connectivity index (χ0n) is 12.3. The molecule has 6 nitrogen and oxygen atoms in total. The van der Waals surface area contributed by atoms with Crippen molar-refractivity contribution in [1.29, 1.82) is 0 Å². The summed E-state index contributed by atoms with van der Waals surface area (Å²) in [5.74, 6) is -0.404. The summed E-state index contributed by atoms with van der Waals surface area (Å²) < 4.78 is 0. The van der Waals surface area contributed by atoms with Gasteiger partial charge in [-0.1, -0.05) is 5.57 Å². The average Bonchev–Trinajstić information content (AvgIpc) is 3.09. The topological polar surface area (TPSA) is 95.1 Å². The molecular weight excluding hydrogens is 282 g/mol. The number of nitrogens with one attached hydrogen (secondary N) is 2. The average molecular weight is 299 g/mol. The second-order valence-corrected chi connectivity index (χ2v) is 5.52. The molecule has 3 rings (SSSR count). The number of benzene rings is 1. The van der Waals surface area contributed by atoms with E-state index >= 15 is 0 Å². The number of fused-ring (bicyclic) bond motifs is 1. The molecular formula is C16H17N3O3. The third-order valence-electron chi connectivity index (χ3n) is 3.96. The third-order valence-corrected chi connectivity index (χ3v) is 3.96. The van der Waals surface area contributed by atoms with E-state index in [1.54, 1.807) is 12.1 Å². The van der Waals surface area contributed by atoms with Crippen molar-refractivity contribution < 1.29 is 14.7 Å². The largest absolute Gasteiger partial charge is 0.478 e. The molecule has 3 N–H and O–H groups in total. The van der Waals surface area contributed by atoms with Gasteiger partial charge in [0.25, 0.3) is 0 Å². The van der Waals surface area contributed by atoms with Gasteiger partial charge in [-0.3, -0.25) is 4.79 Å². The molecule has 1 heterocycles. The van der Waals surface area contributed by atoms with Gasteiger partial charge in [-0.15, -0.1) is 0 Å². The predicted octanol–water partition coefficient (Wildman–Crippen LogP) is 2.38. The van der Waals surface area contributed by atoms with E-state index in [4.69, 9.17) is 5.11 Å². The van der Waals surface area contributed by atoms with Crippen molar-refractivity contribution >= 4 is 22.9 Å². The van der Waals surface area contributed by atoms with Crippen molar-refractivity contribution in [1.82, 2.24) is 15.3 Å². The number of hydrogen-bond acceptors (Lipinski definition) is 3. The lowest BCUT2D eigenvalue weighted by atomic mass is 10.1.